The van der Waals surface area contributed by atoms with Crippen molar-refractivity contribution < 1.29 is 4.79 Å². The molecule has 0 bridgehead atoms. The van der Waals surface area contributed by atoms with Crippen LogP contribution in [0.1, 0.15) is 72.1 Å². The van der Waals surface area contributed by atoms with Gasteiger partial charge in [-0.2, -0.15) is 0 Å². The molecule has 0 saturated carbocycles. The van der Waals surface area contributed by atoms with Crippen molar-refractivity contribution in [2.24, 2.45) is 0 Å². The van der Waals surface area contributed by atoms with Gasteiger partial charge in [0.2, 0.25) is 0 Å². The van der Waals surface area contributed by atoms with Crippen LogP contribution >= 0.6 is 15.9 Å². The molecular weight excluding hydrogens is 264 g/mol. The van der Waals surface area contributed by atoms with E-state index in [0.717, 1.165) is 19.3 Å². The Morgan fingerprint density at radius 3 is 2.00 bits per heavy atom. The molecule has 0 amide bonds. The lowest BCUT2D eigenvalue weighted by Gasteiger charge is -2.10. The number of hydrogen-bond acceptors (Lipinski definition) is 1. The van der Waals surface area contributed by atoms with Crippen molar-refractivity contribution in [2.75, 3.05) is 0 Å². The van der Waals surface area contributed by atoms with Crippen LogP contribution in [0.5, 0.6) is 0 Å². The maximum Gasteiger partial charge on any atom is 0.130 e. The lowest BCUT2D eigenvalue weighted by Crippen LogP contribution is -1.95. The predicted octanol–water partition coefficient (Wildman–Crippen LogP) is 5.39. The molecule has 0 heterocycles. The Morgan fingerprint density at radius 2 is 1.50 bits per heavy atom. The summed E-state index contributed by atoms with van der Waals surface area (Å²) in [4.78, 5) is 11.0. The molecule has 0 aliphatic carbocycles. The van der Waals surface area contributed by atoms with Gasteiger partial charge in [-0.25, -0.2) is 0 Å². The quantitative estimate of drug-likeness (QED) is 0.556. The number of carbonyl (C=O) groups is 1. The lowest BCUT2D eigenvalue weighted by molar-refractivity contribution is -0.116. The second kappa shape index (κ2) is 10.1. The largest absolute Gasteiger partial charge is 0.300 e. The van der Waals surface area contributed by atoms with E-state index >= 15 is 0 Å². The number of ketones is 1. The van der Waals surface area contributed by atoms with Gasteiger partial charge in [-0.1, -0.05) is 48.2 Å². The standard InChI is InChI=1S/C14H25BrO/c1-4-6-8-13(11-10-12(3)16)14(15)9-7-5-2/h4-11H2,1-3H3/b14-13-. The van der Waals surface area contributed by atoms with E-state index in [9.17, 15) is 4.79 Å². The number of halogens is 1. The van der Waals surface area contributed by atoms with Gasteiger partial charge < -0.3 is 4.79 Å². The van der Waals surface area contributed by atoms with Crippen LogP contribution in [0.25, 0.3) is 0 Å². The summed E-state index contributed by atoms with van der Waals surface area (Å²) in [6.07, 6.45) is 8.83. The van der Waals surface area contributed by atoms with Crippen molar-refractivity contribution in [1.29, 1.82) is 0 Å². The Bertz CT molecular complexity index is 231. The molecule has 0 atom stereocenters. The maximum atomic E-state index is 11.0. The smallest absolute Gasteiger partial charge is 0.130 e. The minimum atomic E-state index is 0.296. The molecule has 0 aromatic carbocycles. The van der Waals surface area contributed by atoms with Gasteiger partial charge in [-0.3, -0.25) is 0 Å². The first-order chi connectivity index (χ1) is 7.61. The average molecular weight is 289 g/mol. The fourth-order valence-corrected chi connectivity index (χ4v) is 2.30. The van der Waals surface area contributed by atoms with E-state index in [2.05, 4.69) is 29.8 Å². The van der Waals surface area contributed by atoms with Gasteiger partial charge in [0.25, 0.3) is 0 Å². The molecule has 0 N–H and O–H groups in total. The van der Waals surface area contributed by atoms with Crippen LogP contribution in [0.3, 0.4) is 0 Å². The molecule has 0 unspecified atom stereocenters. The zero-order valence-electron chi connectivity index (χ0n) is 10.9. The van der Waals surface area contributed by atoms with Crippen LogP contribution in [0.15, 0.2) is 10.1 Å². The zero-order valence-corrected chi connectivity index (χ0v) is 12.5. The highest BCUT2D eigenvalue weighted by Gasteiger charge is 2.05. The summed E-state index contributed by atoms with van der Waals surface area (Å²) in [6.45, 7) is 6.10. The third-order valence-corrected chi connectivity index (χ3v) is 3.70. The van der Waals surface area contributed by atoms with Crippen LogP contribution in [0, 0.1) is 0 Å². The van der Waals surface area contributed by atoms with Crippen molar-refractivity contribution >= 4 is 21.7 Å². The monoisotopic (exact) mass is 288 g/mol. The first kappa shape index (κ1) is 15.9. The molecule has 0 aromatic rings. The number of rotatable bonds is 9. The normalized spacial score (nSPS) is 12.5. The molecule has 0 spiro atoms. The predicted molar refractivity (Wildman–Crippen MR) is 74.9 cm³/mol. The summed E-state index contributed by atoms with van der Waals surface area (Å²) in [5.41, 5.74) is 1.46. The summed E-state index contributed by atoms with van der Waals surface area (Å²) in [5, 5.41) is 0. The van der Waals surface area contributed by atoms with Crippen molar-refractivity contribution in [3.63, 3.8) is 0 Å². The second-order valence-electron chi connectivity index (χ2n) is 4.42. The van der Waals surface area contributed by atoms with Crippen LogP contribution < -0.4 is 0 Å². The SMILES string of the molecule is CCCC/C(Br)=C(\CCCC)CCC(C)=O. The zero-order chi connectivity index (χ0) is 12.4. The van der Waals surface area contributed by atoms with Crippen molar-refractivity contribution in [3.8, 4) is 0 Å². The molecule has 0 saturated heterocycles. The Morgan fingerprint density at radius 1 is 0.938 bits per heavy atom. The van der Waals surface area contributed by atoms with Gasteiger partial charge in [-0.05, 0) is 43.5 Å². The van der Waals surface area contributed by atoms with Gasteiger partial charge in [0.1, 0.15) is 5.78 Å². The fraction of sp³-hybridized carbons (Fsp3) is 0.786. The molecule has 16 heavy (non-hydrogen) atoms. The van der Waals surface area contributed by atoms with E-state index in [1.54, 1.807) is 6.92 Å². The Hall–Kier alpha value is -0.110. The minimum Gasteiger partial charge on any atom is -0.300 e. The summed E-state index contributed by atoms with van der Waals surface area (Å²) in [5.74, 6) is 0.296. The van der Waals surface area contributed by atoms with Gasteiger partial charge >= 0.3 is 0 Å². The molecule has 0 aliphatic rings. The van der Waals surface area contributed by atoms with Crippen molar-refractivity contribution in [3.05, 3.63) is 10.1 Å². The van der Waals surface area contributed by atoms with Gasteiger partial charge in [-0.15, -0.1) is 0 Å². The maximum absolute atomic E-state index is 11.0. The van der Waals surface area contributed by atoms with Gasteiger partial charge in [0.05, 0.1) is 0 Å². The first-order valence-electron chi connectivity index (χ1n) is 6.47. The van der Waals surface area contributed by atoms with Crippen molar-refractivity contribution in [2.45, 2.75) is 72.1 Å². The van der Waals surface area contributed by atoms with E-state index in [4.69, 9.17) is 0 Å². The summed E-state index contributed by atoms with van der Waals surface area (Å²) >= 11 is 3.69. The molecule has 0 aliphatic heterocycles. The van der Waals surface area contributed by atoms with Crippen LogP contribution in [0.2, 0.25) is 0 Å². The van der Waals surface area contributed by atoms with Crippen LogP contribution in [-0.4, -0.2) is 5.78 Å². The number of unbranched alkanes of at least 4 members (excludes halogenated alkanes) is 2. The number of allylic oxidation sites excluding steroid dienone is 2. The van der Waals surface area contributed by atoms with E-state index in [1.807, 2.05) is 0 Å². The number of Topliss-reactive ketones (excluding diaryl/α,β-unsaturated/α-hetero) is 1. The Kier molecular flexibility index (Phi) is 10.0. The molecular formula is C14H25BrO. The minimum absolute atomic E-state index is 0.296. The summed E-state index contributed by atoms with van der Waals surface area (Å²) < 4.78 is 1.35. The number of hydrogen-bond donors (Lipinski definition) is 0. The molecule has 0 rings (SSSR count). The van der Waals surface area contributed by atoms with E-state index < -0.39 is 0 Å². The molecule has 0 aromatic heterocycles. The van der Waals surface area contributed by atoms with Gasteiger partial charge in [0, 0.05) is 6.42 Å². The molecule has 2 heteroatoms. The first-order valence-corrected chi connectivity index (χ1v) is 7.26. The second-order valence-corrected chi connectivity index (χ2v) is 5.37. The molecule has 0 radical (unpaired) electrons. The average Bonchev–Trinajstić information content (AvgIpc) is 2.25. The van der Waals surface area contributed by atoms with E-state index in [-0.39, 0.29) is 0 Å². The summed E-state index contributed by atoms with van der Waals surface area (Å²) in [7, 11) is 0. The third kappa shape index (κ3) is 8.09. The Labute approximate surface area is 109 Å². The van der Waals surface area contributed by atoms with Crippen LogP contribution in [-0.2, 0) is 4.79 Å². The topological polar surface area (TPSA) is 17.1 Å². The van der Waals surface area contributed by atoms with E-state index in [0.29, 0.717) is 12.2 Å². The molecule has 0 fully saturated rings. The van der Waals surface area contributed by atoms with Crippen LogP contribution in [0.4, 0.5) is 0 Å². The highest BCUT2D eigenvalue weighted by Crippen LogP contribution is 2.26. The summed E-state index contributed by atoms with van der Waals surface area (Å²) in [6, 6.07) is 0. The number of carbonyl (C=O) groups excluding carboxylic acids is 1. The highest BCUT2D eigenvalue weighted by molar-refractivity contribution is 9.11. The molecule has 1 nitrogen and oxygen atoms in total. The fourth-order valence-electron chi connectivity index (χ4n) is 1.62. The van der Waals surface area contributed by atoms with Crippen molar-refractivity contribution in [1.82, 2.24) is 0 Å². The lowest BCUT2D eigenvalue weighted by atomic mass is 10.0. The highest BCUT2D eigenvalue weighted by atomic mass is 79.9. The Balaban J connectivity index is 4.30. The molecule has 94 valence electrons. The van der Waals surface area contributed by atoms with E-state index in [1.165, 1.54) is 35.7 Å². The third-order valence-electron chi connectivity index (χ3n) is 2.74. The van der Waals surface area contributed by atoms with Gasteiger partial charge in [0.15, 0.2) is 0 Å².